The van der Waals surface area contributed by atoms with E-state index in [0.29, 0.717) is 5.56 Å². The molecule has 2 aliphatic rings. The summed E-state index contributed by atoms with van der Waals surface area (Å²) in [7, 11) is 2.13. The number of nitrogens with zero attached hydrogens (tertiary/aromatic N) is 2. The molecule has 2 aromatic carbocycles. The van der Waals surface area contributed by atoms with E-state index in [2.05, 4.69) is 65.7 Å². The molecule has 5 nitrogen and oxygen atoms in total. The van der Waals surface area contributed by atoms with Crippen LogP contribution in [0, 0.1) is 0 Å². The number of amides is 1. The van der Waals surface area contributed by atoms with Gasteiger partial charge in [-0.3, -0.25) is 10.0 Å². The van der Waals surface area contributed by atoms with Crippen LogP contribution >= 0.6 is 0 Å². The van der Waals surface area contributed by atoms with Crippen LogP contribution in [-0.4, -0.2) is 29.6 Å². The summed E-state index contributed by atoms with van der Waals surface area (Å²) < 4.78 is 0. The SMILES string of the molecule is CN1CC2(C=CN(Cc3ccc(C(=O)NO)cc3)C=C2)c2ccccc21. The predicted molar refractivity (Wildman–Crippen MR) is 101 cm³/mol. The molecular formula is C21H21N3O2. The molecule has 0 radical (unpaired) electrons. The van der Waals surface area contributed by atoms with Gasteiger partial charge < -0.3 is 9.80 Å². The van der Waals surface area contributed by atoms with E-state index in [-0.39, 0.29) is 5.41 Å². The Labute approximate surface area is 152 Å². The number of carbonyl (C=O) groups excluding carboxylic acids is 1. The van der Waals surface area contributed by atoms with Gasteiger partial charge in [0.2, 0.25) is 0 Å². The van der Waals surface area contributed by atoms with E-state index in [0.717, 1.165) is 18.7 Å². The van der Waals surface area contributed by atoms with Crippen molar-refractivity contribution < 1.29 is 10.0 Å². The summed E-state index contributed by atoms with van der Waals surface area (Å²) in [6.07, 6.45) is 8.79. The third kappa shape index (κ3) is 2.76. The molecule has 2 aromatic rings. The van der Waals surface area contributed by atoms with Gasteiger partial charge in [-0.05, 0) is 29.3 Å². The van der Waals surface area contributed by atoms with Crippen molar-refractivity contribution in [3.05, 3.63) is 89.8 Å². The lowest BCUT2D eigenvalue weighted by molar-refractivity contribution is 0.0706. The zero-order valence-electron chi connectivity index (χ0n) is 14.6. The number of rotatable bonds is 3. The molecule has 0 unspecified atom stereocenters. The number of para-hydroxylation sites is 1. The summed E-state index contributed by atoms with van der Waals surface area (Å²) in [6.45, 7) is 1.67. The monoisotopic (exact) mass is 347 g/mol. The second kappa shape index (κ2) is 6.35. The first-order valence-electron chi connectivity index (χ1n) is 8.60. The normalized spacial score (nSPS) is 16.8. The van der Waals surface area contributed by atoms with Crippen LogP contribution in [0.25, 0.3) is 0 Å². The van der Waals surface area contributed by atoms with Crippen molar-refractivity contribution in [2.75, 3.05) is 18.5 Å². The number of likely N-dealkylation sites (N-methyl/N-ethyl adjacent to an activating group) is 1. The van der Waals surface area contributed by atoms with Crippen LogP contribution < -0.4 is 10.4 Å². The average Bonchev–Trinajstić information content (AvgIpc) is 2.96. The van der Waals surface area contributed by atoms with Gasteiger partial charge in [-0.1, -0.05) is 42.5 Å². The quantitative estimate of drug-likeness (QED) is 0.662. The number of fused-ring (bicyclic) bond motifs is 2. The number of hydroxylamine groups is 1. The van der Waals surface area contributed by atoms with Crippen LogP contribution in [0.5, 0.6) is 0 Å². The van der Waals surface area contributed by atoms with Gasteiger partial charge in [0.25, 0.3) is 5.91 Å². The molecule has 4 rings (SSSR count). The van der Waals surface area contributed by atoms with E-state index >= 15 is 0 Å². The molecule has 0 aromatic heterocycles. The van der Waals surface area contributed by atoms with Gasteiger partial charge in [-0.15, -0.1) is 0 Å². The summed E-state index contributed by atoms with van der Waals surface area (Å²) in [5.41, 5.74) is 5.74. The summed E-state index contributed by atoms with van der Waals surface area (Å²) >= 11 is 0. The Bertz CT molecular complexity index is 872. The summed E-state index contributed by atoms with van der Waals surface area (Å²) in [6, 6.07) is 15.8. The smallest absolute Gasteiger partial charge is 0.274 e. The Kier molecular flexibility index (Phi) is 4.01. The molecule has 2 aliphatic heterocycles. The highest BCUT2D eigenvalue weighted by atomic mass is 16.5. The highest BCUT2D eigenvalue weighted by Gasteiger charge is 2.38. The number of nitrogens with one attached hydrogen (secondary N) is 1. The van der Waals surface area contributed by atoms with Crippen LogP contribution in [0.1, 0.15) is 21.5 Å². The van der Waals surface area contributed by atoms with Crippen LogP contribution in [0.3, 0.4) is 0 Å². The van der Waals surface area contributed by atoms with Gasteiger partial charge in [0.1, 0.15) is 0 Å². The number of carbonyl (C=O) groups is 1. The molecule has 0 bridgehead atoms. The van der Waals surface area contributed by atoms with Gasteiger partial charge in [-0.25, -0.2) is 5.48 Å². The summed E-state index contributed by atoms with van der Waals surface area (Å²) in [4.78, 5) is 15.8. The minimum atomic E-state index is -0.500. The molecule has 26 heavy (non-hydrogen) atoms. The number of hydrogen-bond donors (Lipinski definition) is 2. The molecule has 5 heteroatoms. The van der Waals surface area contributed by atoms with Crippen molar-refractivity contribution in [3.63, 3.8) is 0 Å². The van der Waals surface area contributed by atoms with E-state index in [1.807, 2.05) is 12.1 Å². The van der Waals surface area contributed by atoms with Crippen molar-refractivity contribution in [1.82, 2.24) is 10.4 Å². The van der Waals surface area contributed by atoms with Crippen molar-refractivity contribution in [1.29, 1.82) is 0 Å². The molecule has 132 valence electrons. The maximum absolute atomic E-state index is 11.4. The van der Waals surface area contributed by atoms with Crippen LogP contribution in [-0.2, 0) is 12.0 Å². The minimum absolute atomic E-state index is 0.0646. The fourth-order valence-electron chi connectivity index (χ4n) is 3.75. The van der Waals surface area contributed by atoms with E-state index in [4.69, 9.17) is 5.21 Å². The van der Waals surface area contributed by atoms with Gasteiger partial charge in [0.15, 0.2) is 0 Å². The lowest BCUT2D eigenvalue weighted by Gasteiger charge is -2.29. The first-order chi connectivity index (χ1) is 12.6. The molecular weight excluding hydrogens is 326 g/mol. The topological polar surface area (TPSA) is 55.8 Å². The van der Waals surface area contributed by atoms with Gasteiger partial charge in [0.05, 0.1) is 5.41 Å². The highest BCUT2D eigenvalue weighted by Crippen LogP contribution is 2.43. The average molecular weight is 347 g/mol. The van der Waals surface area contributed by atoms with E-state index < -0.39 is 5.91 Å². The van der Waals surface area contributed by atoms with Gasteiger partial charge >= 0.3 is 0 Å². The molecule has 2 heterocycles. The minimum Gasteiger partial charge on any atom is -0.373 e. The molecule has 0 aliphatic carbocycles. The number of hydrogen-bond acceptors (Lipinski definition) is 4. The van der Waals surface area contributed by atoms with Crippen LogP contribution in [0.15, 0.2) is 73.1 Å². The number of anilines is 1. The summed E-state index contributed by atoms with van der Waals surface area (Å²) in [5.74, 6) is -0.500. The molecule has 1 amide bonds. The van der Waals surface area contributed by atoms with E-state index in [1.165, 1.54) is 11.3 Å². The fraction of sp³-hybridized carbons (Fsp3) is 0.190. The Morgan fingerprint density at radius 2 is 1.81 bits per heavy atom. The molecule has 0 saturated carbocycles. The first kappa shape index (κ1) is 16.4. The van der Waals surface area contributed by atoms with Crippen LogP contribution in [0.4, 0.5) is 5.69 Å². The fourth-order valence-corrected chi connectivity index (χ4v) is 3.75. The van der Waals surface area contributed by atoms with Crippen molar-refractivity contribution in [2.24, 2.45) is 0 Å². The van der Waals surface area contributed by atoms with E-state index in [1.54, 1.807) is 17.6 Å². The maximum Gasteiger partial charge on any atom is 0.274 e. The zero-order valence-corrected chi connectivity index (χ0v) is 14.6. The third-order valence-electron chi connectivity index (χ3n) is 5.13. The predicted octanol–water partition coefficient (Wildman–Crippen LogP) is 3.04. The highest BCUT2D eigenvalue weighted by molar-refractivity contribution is 5.93. The van der Waals surface area contributed by atoms with Crippen LogP contribution in [0.2, 0.25) is 0 Å². The lowest BCUT2D eigenvalue weighted by atomic mass is 9.81. The second-order valence-corrected chi connectivity index (χ2v) is 6.86. The Hall–Kier alpha value is -3.05. The maximum atomic E-state index is 11.4. The van der Waals surface area contributed by atoms with Gasteiger partial charge in [0, 0.05) is 43.8 Å². The Balaban J connectivity index is 1.49. The standard InChI is InChI=1S/C21H21N3O2/c1-23-15-21(18-4-2-3-5-19(18)23)10-12-24(13-11-21)14-16-6-8-17(9-7-16)20(25)22-26/h2-13,26H,14-15H2,1H3,(H,22,25). The van der Waals surface area contributed by atoms with Crippen molar-refractivity contribution >= 4 is 11.6 Å². The summed E-state index contributed by atoms with van der Waals surface area (Å²) in [5, 5.41) is 8.68. The number of benzene rings is 2. The van der Waals surface area contributed by atoms with E-state index in [9.17, 15) is 4.79 Å². The Morgan fingerprint density at radius 1 is 1.12 bits per heavy atom. The van der Waals surface area contributed by atoms with Crippen molar-refractivity contribution in [2.45, 2.75) is 12.0 Å². The molecule has 0 saturated heterocycles. The Morgan fingerprint density at radius 3 is 2.50 bits per heavy atom. The molecule has 1 spiro atoms. The van der Waals surface area contributed by atoms with Gasteiger partial charge in [-0.2, -0.15) is 0 Å². The second-order valence-electron chi connectivity index (χ2n) is 6.86. The molecule has 0 fully saturated rings. The third-order valence-corrected chi connectivity index (χ3v) is 5.13. The van der Waals surface area contributed by atoms with Crippen molar-refractivity contribution in [3.8, 4) is 0 Å². The largest absolute Gasteiger partial charge is 0.373 e. The zero-order chi connectivity index (χ0) is 18.1. The first-order valence-corrected chi connectivity index (χ1v) is 8.60. The molecule has 0 atom stereocenters. The lowest BCUT2D eigenvalue weighted by Crippen LogP contribution is -2.31. The molecule has 2 N–H and O–H groups in total.